The molecule has 1 N–H and O–H groups in total. The number of halogens is 3. The summed E-state index contributed by atoms with van der Waals surface area (Å²) >= 11 is 17.8. The molecule has 4 nitrogen and oxygen atoms in total. The largest absolute Gasteiger partial charge is 0.299 e. The lowest BCUT2D eigenvalue weighted by Crippen LogP contribution is -2.31. The number of nitrogens with zero attached hydrogens (tertiary/aromatic N) is 1. The van der Waals surface area contributed by atoms with E-state index in [2.05, 4.69) is 33.9 Å². The lowest BCUT2D eigenvalue weighted by molar-refractivity contribution is 0.248. The van der Waals surface area contributed by atoms with Gasteiger partial charge in [-0.15, -0.1) is 0 Å². The summed E-state index contributed by atoms with van der Waals surface area (Å²) in [5, 5.41) is 0.458. The van der Waals surface area contributed by atoms with E-state index in [0.29, 0.717) is 6.54 Å². The highest BCUT2D eigenvalue weighted by Crippen LogP contribution is 2.31. The van der Waals surface area contributed by atoms with Crippen LogP contribution in [0.1, 0.15) is 36.8 Å². The molecule has 29 heavy (non-hydrogen) atoms. The molecule has 0 aromatic heterocycles. The molecule has 0 saturated carbocycles. The second-order valence-corrected chi connectivity index (χ2v) is 10.3. The minimum absolute atomic E-state index is 0.0426. The molecule has 0 saturated heterocycles. The standard InChI is InChI=1S/C21H25Cl3N2O2S/c22-18-13-20(24)21(14-19(18)23)29(27,28)25-10-5-1-2-6-11-26-12-9-16-7-3-4-8-17(16)15-26/h3-4,7-8,13-14,25H,1-2,5-6,9-12,15H2. The van der Waals surface area contributed by atoms with Crippen molar-refractivity contribution in [3.05, 3.63) is 62.6 Å². The van der Waals surface area contributed by atoms with Crippen LogP contribution in [0, 0.1) is 0 Å². The fourth-order valence-corrected chi connectivity index (χ4v) is 5.63. The van der Waals surface area contributed by atoms with Gasteiger partial charge in [-0.05, 0) is 49.1 Å². The third-order valence-corrected chi connectivity index (χ3v) is 7.82. The van der Waals surface area contributed by atoms with Gasteiger partial charge in [0.25, 0.3) is 0 Å². The lowest BCUT2D eigenvalue weighted by Gasteiger charge is -2.28. The molecule has 0 fully saturated rings. The summed E-state index contributed by atoms with van der Waals surface area (Å²) in [5.41, 5.74) is 2.91. The van der Waals surface area contributed by atoms with Crippen LogP contribution < -0.4 is 4.72 Å². The number of nitrogens with one attached hydrogen (secondary N) is 1. The van der Waals surface area contributed by atoms with E-state index in [1.54, 1.807) is 0 Å². The van der Waals surface area contributed by atoms with E-state index in [4.69, 9.17) is 34.8 Å². The van der Waals surface area contributed by atoms with Crippen molar-refractivity contribution in [2.45, 2.75) is 43.5 Å². The summed E-state index contributed by atoms with van der Waals surface area (Å²) < 4.78 is 27.4. The molecular formula is C21H25Cl3N2O2S. The van der Waals surface area contributed by atoms with Crippen molar-refractivity contribution in [1.82, 2.24) is 9.62 Å². The van der Waals surface area contributed by atoms with Gasteiger partial charge >= 0.3 is 0 Å². The van der Waals surface area contributed by atoms with Crippen LogP contribution in [0.2, 0.25) is 15.1 Å². The molecule has 0 aliphatic carbocycles. The molecule has 0 unspecified atom stereocenters. The summed E-state index contributed by atoms with van der Waals surface area (Å²) in [6.07, 6.45) is 5.07. The fourth-order valence-electron chi connectivity index (χ4n) is 3.55. The SMILES string of the molecule is O=S(=O)(NCCCCCCN1CCc2ccccc2C1)c1cc(Cl)c(Cl)cc1Cl. The van der Waals surface area contributed by atoms with Crippen LogP contribution in [0.5, 0.6) is 0 Å². The Bertz CT molecular complexity index is 951. The van der Waals surface area contributed by atoms with Crippen LogP contribution in [0.25, 0.3) is 0 Å². The topological polar surface area (TPSA) is 49.4 Å². The summed E-state index contributed by atoms with van der Waals surface area (Å²) in [7, 11) is -3.70. The van der Waals surface area contributed by atoms with Crippen molar-refractivity contribution in [1.29, 1.82) is 0 Å². The number of fused-ring (bicyclic) bond motifs is 1. The van der Waals surface area contributed by atoms with E-state index in [0.717, 1.165) is 51.7 Å². The van der Waals surface area contributed by atoms with E-state index in [1.807, 2.05) is 0 Å². The zero-order valence-corrected chi connectivity index (χ0v) is 19.2. The van der Waals surface area contributed by atoms with Gasteiger partial charge in [0.2, 0.25) is 10.0 Å². The molecule has 1 aliphatic heterocycles. The maximum absolute atomic E-state index is 12.4. The zero-order valence-electron chi connectivity index (χ0n) is 16.1. The molecule has 0 atom stereocenters. The van der Waals surface area contributed by atoms with E-state index in [9.17, 15) is 8.42 Å². The summed E-state index contributed by atoms with van der Waals surface area (Å²) in [6.45, 7) is 3.59. The first-order valence-corrected chi connectivity index (χ1v) is 12.4. The second kappa shape index (κ2) is 10.5. The van der Waals surface area contributed by atoms with Gasteiger partial charge < -0.3 is 0 Å². The van der Waals surface area contributed by atoms with Gasteiger partial charge in [-0.25, -0.2) is 13.1 Å². The van der Waals surface area contributed by atoms with E-state index >= 15 is 0 Å². The first kappa shape index (κ1) is 22.9. The molecule has 1 heterocycles. The Hall–Kier alpha value is -0.820. The zero-order chi connectivity index (χ0) is 20.9. The highest BCUT2D eigenvalue weighted by molar-refractivity contribution is 7.89. The molecule has 3 rings (SSSR count). The molecule has 0 bridgehead atoms. The Morgan fingerprint density at radius 2 is 1.59 bits per heavy atom. The Morgan fingerprint density at radius 1 is 0.897 bits per heavy atom. The van der Waals surface area contributed by atoms with Gasteiger partial charge in [-0.2, -0.15) is 0 Å². The smallest absolute Gasteiger partial charge is 0.242 e. The van der Waals surface area contributed by atoms with Gasteiger partial charge in [0.05, 0.1) is 15.1 Å². The van der Waals surface area contributed by atoms with Gasteiger partial charge in [0.1, 0.15) is 4.90 Å². The van der Waals surface area contributed by atoms with Crippen molar-refractivity contribution < 1.29 is 8.42 Å². The Kier molecular flexibility index (Phi) is 8.25. The number of hydrogen-bond acceptors (Lipinski definition) is 3. The average Bonchev–Trinajstić information content (AvgIpc) is 2.69. The van der Waals surface area contributed by atoms with Crippen molar-refractivity contribution in [3.8, 4) is 0 Å². The lowest BCUT2D eigenvalue weighted by atomic mass is 10.00. The maximum Gasteiger partial charge on any atom is 0.242 e. The quantitative estimate of drug-likeness (QED) is 0.382. The number of rotatable bonds is 9. The Balaban J connectivity index is 1.35. The first-order chi connectivity index (χ1) is 13.9. The van der Waals surface area contributed by atoms with Crippen molar-refractivity contribution in [2.24, 2.45) is 0 Å². The van der Waals surface area contributed by atoms with E-state index in [-0.39, 0.29) is 20.0 Å². The van der Waals surface area contributed by atoms with E-state index in [1.165, 1.54) is 23.3 Å². The van der Waals surface area contributed by atoms with Crippen LogP contribution in [0.4, 0.5) is 0 Å². The molecule has 1 aliphatic rings. The van der Waals surface area contributed by atoms with Gasteiger partial charge in [0.15, 0.2) is 0 Å². The van der Waals surface area contributed by atoms with Crippen LogP contribution in [0.3, 0.4) is 0 Å². The molecule has 0 spiro atoms. The van der Waals surface area contributed by atoms with Crippen LogP contribution >= 0.6 is 34.8 Å². The first-order valence-electron chi connectivity index (χ1n) is 9.80. The monoisotopic (exact) mass is 474 g/mol. The number of sulfonamides is 1. The molecule has 8 heteroatoms. The third kappa shape index (κ3) is 6.33. The van der Waals surface area contributed by atoms with Crippen LogP contribution in [-0.4, -0.2) is 33.0 Å². The maximum atomic E-state index is 12.4. The third-order valence-electron chi connectivity index (χ3n) is 5.17. The molecule has 2 aromatic rings. The minimum atomic E-state index is -3.70. The molecule has 0 amide bonds. The number of benzene rings is 2. The molecule has 0 radical (unpaired) electrons. The summed E-state index contributed by atoms with van der Waals surface area (Å²) in [5.74, 6) is 0. The predicted octanol–water partition coefficient (Wildman–Crippen LogP) is 5.54. The Morgan fingerprint density at radius 3 is 2.38 bits per heavy atom. The van der Waals surface area contributed by atoms with Crippen molar-refractivity contribution in [2.75, 3.05) is 19.6 Å². The molecule has 2 aromatic carbocycles. The van der Waals surface area contributed by atoms with Gasteiger partial charge in [-0.3, -0.25) is 4.90 Å². The second-order valence-electron chi connectivity index (χ2n) is 7.30. The highest BCUT2D eigenvalue weighted by Gasteiger charge is 2.19. The summed E-state index contributed by atoms with van der Waals surface area (Å²) in [6, 6.07) is 11.3. The van der Waals surface area contributed by atoms with Crippen LogP contribution in [0.15, 0.2) is 41.3 Å². The summed E-state index contributed by atoms with van der Waals surface area (Å²) in [4.78, 5) is 2.45. The molecule has 158 valence electrons. The molecular weight excluding hydrogens is 451 g/mol. The normalized spacial score (nSPS) is 14.7. The van der Waals surface area contributed by atoms with Crippen molar-refractivity contribution in [3.63, 3.8) is 0 Å². The Labute approximate surface area is 188 Å². The predicted molar refractivity (Wildman–Crippen MR) is 121 cm³/mol. The van der Waals surface area contributed by atoms with E-state index < -0.39 is 10.0 Å². The minimum Gasteiger partial charge on any atom is -0.299 e. The highest BCUT2D eigenvalue weighted by atomic mass is 35.5. The van der Waals surface area contributed by atoms with Crippen molar-refractivity contribution >= 4 is 44.8 Å². The number of unbranched alkanes of at least 4 members (excludes halogenated alkanes) is 3. The van der Waals surface area contributed by atoms with Crippen LogP contribution in [-0.2, 0) is 23.0 Å². The van der Waals surface area contributed by atoms with Gasteiger partial charge in [0, 0.05) is 19.6 Å². The van der Waals surface area contributed by atoms with Gasteiger partial charge in [-0.1, -0.05) is 71.9 Å². The fraction of sp³-hybridized carbons (Fsp3) is 0.429. The average molecular weight is 476 g/mol. The number of hydrogen-bond donors (Lipinski definition) is 1.